The molecule has 0 bridgehead atoms. The number of fused-ring (bicyclic) bond motifs is 1. The molecule has 2 aromatic rings. The molecule has 0 amide bonds. The summed E-state index contributed by atoms with van der Waals surface area (Å²) in [4.78, 5) is 12.9. The molecule has 2 aromatic carbocycles. The van der Waals surface area contributed by atoms with Gasteiger partial charge in [0, 0.05) is 30.1 Å². The van der Waals surface area contributed by atoms with Crippen LogP contribution in [0.5, 0.6) is 0 Å². The van der Waals surface area contributed by atoms with Crippen LogP contribution in [0.15, 0.2) is 42.5 Å². The van der Waals surface area contributed by atoms with E-state index in [0.29, 0.717) is 0 Å². The monoisotopic (exact) mass is 333 g/mol. The molecule has 122 valence electrons. The molecule has 23 heavy (non-hydrogen) atoms. The fraction of sp³-hybridized carbons (Fsp3) is 0.294. The number of nitro benzene ring substituents is 1. The Balaban J connectivity index is 0.00000192. The maximum Gasteiger partial charge on any atom is 0.269 e. The van der Waals surface area contributed by atoms with E-state index in [0.717, 1.165) is 36.3 Å². The van der Waals surface area contributed by atoms with Crippen LogP contribution in [0.3, 0.4) is 0 Å². The van der Waals surface area contributed by atoms with E-state index >= 15 is 0 Å². The summed E-state index contributed by atoms with van der Waals surface area (Å²) in [6.45, 7) is 3.01. The van der Waals surface area contributed by atoms with E-state index in [4.69, 9.17) is 5.73 Å². The highest BCUT2D eigenvalue weighted by Crippen LogP contribution is 2.37. The van der Waals surface area contributed by atoms with Gasteiger partial charge in [0.05, 0.1) is 11.0 Å². The third-order valence-corrected chi connectivity index (χ3v) is 4.35. The average molecular weight is 334 g/mol. The van der Waals surface area contributed by atoms with Gasteiger partial charge in [-0.15, -0.1) is 12.4 Å². The molecule has 1 aliphatic rings. The zero-order valence-corrected chi connectivity index (χ0v) is 13.8. The minimum atomic E-state index is -0.349. The molecule has 0 saturated carbocycles. The van der Waals surface area contributed by atoms with Gasteiger partial charge in [0.25, 0.3) is 5.69 Å². The second-order valence-electron chi connectivity index (χ2n) is 5.67. The van der Waals surface area contributed by atoms with Gasteiger partial charge in [-0.3, -0.25) is 10.1 Å². The molecular formula is C17H20ClN3O2. The predicted molar refractivity (Wildman–Crippen MR) is 95.3 cm³/mol. The number of benzene rings is 2. The predicted octanol–water partition coefficient (Wildman–Crippen LogP) is 4.11. The summed E-state index contributed by atoms with van der Waals surface area (Å²) >= 11 is 0. The van der Waals surface area contributed by atoms with Crippen molar-refractivity contribution in [3.8, 4) is 0 Å². The standard InChI is InChI=1S/C17H19N3O2.ClH/c1-12(13-5-2-6-14(11-13)20(21)22)19-10-4-7-15-16(18)8-3-9-17(15)19;/h2-3,5-6,8-9,11-12H,4,7,10,18H2,1H3;1H. The molecule has 5 nitrogen and oxygen atoms in total. The van der Waals surface area contributed by atoms with Crippen LogP contribution in [0.4, 0.5) is 17.1 Å². The van der Waals surface area contributed by atoms with Crippen molar-refractivity contribution in [2.24, 2.45) is 0 Å². The first kappa shape index (κ1) is 17.1. The molecule has 2 N–H and O–H groups in total. The number of halogens is 1. The highest BCUT2D eigenvalue weighted by molar-refractivity contribution is 5.85. The Bertz CT molecular complexity index is 721. The highest BCUT2D eigenvalue weighted by Gasteiger charge is 2.24. The van der Waals surface area contributed by atoms with Crippen LogP contribution < -0.4 is 10.6 Å². The van der Waals surface area contributed by atoms with Crippen LogP contribution in [-0.4, -0.2) is 11.5 Å². The number of nitrogens with two attached hydrogens (primary N) is 1. The lowest BCUT2D eigenvalue weighted by Crippen LogP contribution is -2.32. The van der Waals surface area contributed by atoms with Crippen LogP contribution in [0.1, 0.15) is 30.5 Å². The number of nitrogen functional groups attached to an aromatic ring is 1. The van der Waals surface area contributed by atoms with Gasteiger partial charge < -0.3 is 10.6 Å². The van der Waals surface area contributed by atoms with Crippen molar-refractivity contribution >= 4 is 29.5 Å². The van der Waals surface area contributed by atoms with Crippen LogP contribution in [0, 0.1) is 10.1 Å². The van der Waals surface area contributed by atoms with Crippen molar-refractivity contribution in [2.75, 3.05) is 17.2 Å². The van der Waals surface area contributed by atoms with E-state index in [2.05, 4.69) is 17.9 Å². The van der Waals surface area contributed by atoms with E-state index < -0.39 is 0 Å². The zero-order chi connectivity index (χ0) is 15.7. The Hall–Kier alpha value is -2.27. The molecule has 0 saturated heterocycles. The van der Waals surface area contributed by atoms with Gasteiger partial charge in [0.1, 0.15) is 0 Å². The first-order valence-corrected chi connectivity index (χ1v) is 7.46. The molecular weight excluding hydrogens is 314 g/mol. The van der Waals surface area contributed by atoms with Gasteiger partial charge in [0.2, 0.25) is 0 Å². The third kappa shape index (κ3) is 3.24. The smallest absolute Gasteiger partial charge is 0.269 e. The molecule has 1 atom stereocenters. The summed E-state index contributed by atoms with van der Waals surface area (Å²) in [5.41, 5.74) is 10.3. The lowest BCUT2D eigenvalue weighted by molar-refractivity contribution is -0.384. The second kappa shape index (κ2) is 6.87. The largest absolute Gasteiger partial charge is 0.398 e. The van der Waals surface area contributed by atoms with Crippen LogP contribution in [0.2, 0.25) is 0 Å². The Labute approximate surface area is 141 Å². The topological polar surface area (TPSA) is 72.4 Å². The van der Waals surface area contributed by atoms with Gasteiger partial charge in [-0.1, -0.05) is 18.2 Å². The zero-order valence-electron chi connectivity index (χ0n) is 12.9. The lowest BCUT2D eigenvalue weighted by atomic mass is 9.96. The fourth-order valence-corrected chi connectivity index (χ4v) is 3.16. The molecule has 0 spiro atoms. The number of nitro groups is 1. The van der Waals surface area contributed by atoms with Crippen LogP contribution in [0.25, 0.3) is 0 Å². The van der Waals surface area contributed by atoms with Gasteiger partial charge >= 0.3 is 0 Å². The number of hydrogen-bond donors (Lipinski definition) is 1. The summed E-state index contributed by atoms with van der Waals surface area (Å²) in [7, 11) is 0. The van der Waals surface area contributed by atoms with Crippen molar-refractivity contribution in [2.45, 2.75) is 25.8 Å². The third-order valence-electron chi connectivity index (χ3n) is 4.35. The molecule has 1 heterocycles. The van der Waals surface area contributed by atoms with E-state index in [1.165, 1.54) is 11.6 Å². The summed E-state index contributed by atoms with van der Waals surface area (Å²) in [6.07, 6.45) is 2.03. The molecule has 0 radical (unpaired) electrons. The lowest BCUT2D eigenvalue weighted by Gasteiger charge is -2.37. The Morgan fingerprint density at radius 3 is 2.74 bits per heavy atom. The maximum atomic E-state index is 11.0. The van der Waals surface area contributed by atoms with E-state index in [9.17, 15) is 10.1 Å². The van der Waals surface area contributed by atoms with Crippen molar-refractivity contribution in [3.63, 3.8) is 0 Å². The number of rotatable bonds is 3. The fourth-order valence-electron chi connectivity index (χ4n) is 3.16. The van der Waals surface area contributed by atoms with Crippen molar-refractivity contribution < 1.29 is 4.92 Å². The first-order chi connectivity index (χ1) is 10.6. The van der Waals surface area contributed by atoms with Gasteiger partial charge in [0.15, 0.2) is 0 Å². The SMILES string of the molecule is CC(c1cccc([N+](=O)[O-])c1)N1CCCc2c(N)cccc21.Cl. The van der Waals surface area contributed by atoms with E-state index in [1.807, 2.05) is 18.2 Å². The number of anilines is 2. The number of nitrogens with zero attached hydrogens (tertiary/aromatic N) is 2. The maximum absolute atomic E-state index is 11.0. The molecule has 1 unspecified atom stereocenters. The quantitative estimate of drug-likeness (QED) is 0.521. The molecule has 6 heteroatoms. The second-order valence-corrected chi connectivity index (χ2v) is 5.67. The van der Waals surface area contributed by atoms with Crippen molar-refractivity contribution in [1.29, 1.82) is 0 Å². The average Bonchev–Trinajstić information content (AvgIpc) is 2.54. The number of non-ortho nitro benzene ring substituents is 1. The van der Waals surface area contributed by atoms with E-state index in [1.54, 1.807) is 12.1 Å². The van der Waals surface area contributed by atoms with Crippen LogP contribution >= 0.6 is 12.4 Å². The normalized spacial score (nSPS) is 14.6. The molecule has 0 fully saturated rings. The summed E-state index contributed by atoms with van der Waals surface area (Å²) < 4.78 is 0. The minimum absolute atomic E-state index is 0. The minimum Gasteiger partial charge on any atom is -0.398 e. The molecule has 0 aromatic heterocycles. The Kier molecular flexibility index (Phi) is 5.11. The summed E-state index contributed by atoms with van der Waals surface area (Å²) in [6, 6.07) is 12.9. The molecule has 0 aliphatic carbocycles. The van der Waals surface area contributed by atoms with Gasteiger partial charge in [-0.2, -0.15) is 0 Å². The first-order valence-electron chi connectivity index (χ1n) is 7.46. The molecule has 1 aliphatic heterocycles. The van der Waals surface area contributed by atoms with E-state index in [-0.39, 0.29) is 29.1 Å². The summed E-state index contributed by atoms with van der Waals surface area (Å²) in [5.74, 6) is 0. The summed E-state index contributed by atoms with van der Waals surface area (Å²) in [5, 5.41) is 11.0. The van der Waals surface area contributed by atoms with Crippen molar-refractivity contribution in [1.82, 2.24) is 0 Å². The molecule has 3 rings (SSSR count). The number of hydrogen-bond acceptors (Lipinski definition) is 4. The van der Waals surface area contributed by atoms with Gasteiger partial charge in [-0.25, -0.2) is 0 Å². The van der Waals surface area contributed by atoms with Gasteiger partial charge in [-0.05, 0) is 43.0 Å². The van der Waals surface area contributed by atoms with Crippen LogP contribution in [-0.2, 0) is 6.42 Å². The Morgan fingerprint density at radius 1 is 1.26 bits per heavy atom. The van der Waals surface area contributed by atoms with Crippen molar-refractivity contribution in [3.05, 3.63) is 63.7 Å². The Morgan fingerprint density at radius 2 is 2.00 bits per heavy atom. The highest BCUT2D eigenvalue weighted by atomic mass is 35.5.